The number of carbonyl (C=O) groups is 2. The zero-order valence-corrected chi connectivity index (χ0v) is 19.1. The molecule has 0 bridgehead atoms. The summed E-state index contributed by atoms with van der Waals surface area (Å²) in [4.78, 5) is 37.2. The minimum Gasteiger partial charge on any atom is -0.465 e. The summed E-state index contributed by atoms with van der Waals surface area (Å²) in [7, 11) is -1.91. The summed E-state index contributed by atoms with van der Waals surface area (Å²) in [6.07, 6.45) is 0.741. The van der Waals surface area contributed by atoms with Crippen LogP contribution in [0.4, 0.5) is 5.69 Å². The fraction of sp³-hybridized carbons (Fsp3) is 0.364. The van der Waals surface area contributed by atoms with E-state index in [4.69, 9.17) is 4.74 Å². The number of sulfonamides is 1. The molecule has 2 aromatic carbocycles. The summed E-state index contributed by atoms with van der Waals surface area (Å²) in [6, 6.07) is 6.95. The molecule has 0 fully saturated rings. The minimum atomic E-state index is -3.90. The van der Waals surface area contributed by atoms with Crippen molar-refractivity contribution in [3.8, 4) is 11.1 Å². The number of anilines is 1. The number of carbonyl (C=O) groups excluding carboxylic acids is 2. The Bertz CT molecular complexity index is 1230. The van der Waals surface area contributed by atoms with Crippen LogP contribution in [-0.4, -0.2) is 51.9 Å². The maximum Gasteiger partial charge on any atom is 0.321 e. The molecule has 2 aromatic rings. The summed E-state index contributed by atoms with van der Waals surface area (Å²) in [5.74, 6) is -1.10. The molecule has 11 heteroatoms. The van der Waals surface area contributed by atoms with Gasteiger partial charge in [-0.15, -0.1) is 4.91 Å². The zero-order chi connectivity index (χ0) is 23.8. The average Bonchev–Trinajstić information content (AvgIpc) is 3.12. The third kappa shape index (κ3) is 4.39. The first kappa shape index (κ1) is 23.0. The second-order valence-electron chi connectivity index (χ2n) is 7.98. The number of esters is 1. The molecule has 0 radical (unpaired) electrons. The van der Waals surface area contributed by atoms with Gasteiger partial charge in [-0.1, -0.05) is 17.3 Å². The lowest BCUT2D eigenvalue weighted by Crippen LogP contribution is -2.30. The van der Waals surface area contributed by atoms with Crippen molar-refractivity contribution in [3.05, 3.63) is 51.9 Å². The molecule has 174 valence electrons. The molecule has 0 saturated heterocycles. The van der Waals surface area contributed by atoms with Crippen LogP contribution in [0.15, 0.2) is 40.4 Å². The predicted octanol–water partition coefficient (Wildman–Crippen LogP) is 1.94. The zero-order valence-electron chi connectivity index (χ0n) is 18.3. The van der Waals surface area contributed by atoms with Gasteiger partial charge in [-0.3, -0.25) is 9.59 Å². The van der Waals surface area contributed by atoms with Gasteiger partial charge in [0.05, 0.1) is 17.2 Å². The second-order valence-corrected chi connectivity index (χ2v) is 9.75. The number of hydrogen-bond donors (Lipinski definition) is 2. The third-order valence-corrected chi connectivity index (χ3v) is 7.25. The van der Waals surface area contributed by atoms with Crippen molar-refractivity contribution < 1.29 is 22.7 Å². The van der Waals surface area contributed by atoms with Crippen LogP contribution >= 0.6 is 0 Å². The topological polar surface area (TPSA) is 134 Å². The number of nitroso groups, excluding NO2 is 1. The van der Waals surface area contributed by atoms with Crippen molar-refractivity contribution >= 4 is 27.6 Å². The number of fused-ring (bicyclic) bond motifs is 3. The smallest absolute Gasteiger partial charge is 0.321 e. The van der Waals surface area contributed by atoms with E-state index in [1.807, 2.05) is 7.05 Å². The Morgan fingerprint density at radius 3 is 2.67 bits per heavy atom. The molecule has 2 aliphatic rings. The molecule has 1 atom stereocenters. The van der Waals surface area contributed by atoms with Gasteiger partial charge in [0.15, 0.2) is 6.04 Å². The van der Waals surface area contributed by atoms with Crippen molar-refractivity contribution in [2.45, 2.75) is 30.8 Å². The first-order chi connectivity index (χ1) is 15.7. The Morgan fingerprint density at radius 2 is 2.00 bits per heavy atom. The summed E-state index contributed by atoms with van der Waals surface area (Å²) in [5.41, 5.74) is 4.78. The average molecular weight is 473 g/mol. The summed E-state index contributed by atoms with van der Waals surface area (Å²) < 4.78 is 32.0. The van der Waals surface area contributed by atoms with E-state index in [0.717, 1.165) is 35.2 Å². The van der Waals surface area contributed by atoms with Crippen LogP contribution in [0.5, 0.6) is 0 Å². The van der Waals surface area contributed by atoms with Gasteiger partial charge in [-0.25, -0.2) is 8.42 Å². The van der Waals surface area contributed by atoms with Crippen molar-refractivity contribution in [2.75, 3.05) is 32.1 Å². The number of amides is 1. The largest absolute Gasteiger partial charge is 0.465 e. The molecule has 0 saturated carbocycles. The van der Waals surface area contributed by atoms with E-state index in [2.05, 4.69) is 20.1 Å². The Morgan fingerprint density at radius 1 is 1.27 bits per heavy atom. The maximum atomic E-state index is 12.5. The molecule has 1 amide bonds. The Kier molecular flexibility index (Phi) is 6.28. The standard InChI is InChI=1S/C22H24N4O6S/c1-3-32-19(27)11-23-33(30,31)14-6-4-13(5-7-14)16-10-17-20(24-22(28)21(17)25-29)18-12-26(2)9-8-15(16)18/h4-7,10,21,23H,3,8-9,11-12H2,1-2H3,(H,24,28). The molecule has 0 aromatic heterocycles. The lowest BCUT2D eigenvalue weighted by molar-refractivity contribution is -0.141. The summed E-state index contributed by atoms with van der Waals surface area (Å²) >= 11 is 0. The maximum absolute atomic E-state index is 12.5. The van der Waals surface area contributed by atoms with Crippen LogP contribution in [0.25, 0.3) is 11.1 Å². The van der Waals surface area contributed by atoms with E-state index >= 15 is 0 Å². The Hall–Kier alpha value is -3.15. The van der Waals surface area contributed by atoms with Crippen LogP contribution in [0, 0.1) is 4.91 Å². The lowest BCUT2D eigenvalue weighted by atomic mass is 9.87. The molecule has 0 aliphatic carbocycles. The molecule has 2 aliphatic heterocycles. The van der Waals surface area contributed by atoms with Crippen molar-refractivity contribution in [1.29, 1.82) is 0 Å². The molecule has 33 heavy (non-hydrogen) atoms. The van der Waals surface area contributed by atoms with Gasteiger partial charge in [0.1, 0.15) is 6.54 Å². The second kappa shape index (κ2) is 9.00. The van der Waals surface area contributed by atoms with Crippen LogP contribution in [-0.2, 0) is 37.3 Å². The Balaban J connectivity index is 1.70. The number of nitrogens with one attached hydrogen (secondary N) is 2. The van der Waals surface area contributed by atoms with Gasteiger partial charge in [-0.2, -0.15) is 4.72 Å². The van der Waals surface area contributed by atoms with Gasteiger partial charge in [-0.05, 0) is 60.8 Å². The van der Waals surface area contributed by atoms with E-state index in [0.29, 0.717) is 17.8 Å². The summed E-state index contributed by atoms with van der Waals surface area (Å²) in [5, 5.41) is 5.81. The van der Waals surface area contributed by atoms with Crippen molar-refractivity contribution in [1.82, 2.24) is 9.62 Å². The molecule has 2 N–H and O–H groups in total. The first-order valence-electron chi connectivity index (χ1n) is 10.5. The number of benzene rings is 2. The number of ether oxygens (including phenoxy) is 1. The molecule has 2 heterocycles. The molecular formula is C22H24N4O6S. The number of nitrogens with zero attached hydrogens (tertiary/aromatic N) is 2. The highest BCUT2D eigenvalue weighted by atomic mass is 32.2. The van der Waals surface area contributed by atoms with Gasteiger partial charge in [0, 0.05) is 18.7 Å². The van der Waals surface area contributed by atoms with E-state index in [1.165, 1.54) is 12.1 Å². The quantitative estimate of drug-likeness (QED) is 0.464. The van der Waals surface area contributed by atoms with Crippen LogP contribution < -0.4 is 10.0 Å². The molecule has 4 rings (SSSR count). The molecular weight excluding hydrogens is 448 g/mol. The highest BCUT2D eigenvalue weighted by molar-refractivity contribution is 7.89. The highest BCUT2D eigenvalue weighted by Gasteiger charge is 2.36. The van der Waals surface area contributed by atoms with Gasteiger partial charge in [0.25, 0.3) is 5.91 Å². The molecule has 10 nitrogen and oxygen atoms in total. The molecule has 1 unspecified atom stereocenters. The predicted molar refractivity (Wildman–Crippen MR) is 121 cm³/mol. The van der Waals surface area contributed by atoms with Gasteiger partial charge < -0.3 is 15.0 Å². The van der Waals surface area contributed by atoms with E-state index in [1.54, 1.807) is 25.1 Å². The number of hydrogen-bond acceptors (Lipinski definition) is 8. The number of likely N-dealkylation sites (N-methyl/N-ethyl adjacent to an activating group) is 1. The van der Waals surface area contributed by atoms with Gasteiger partial charge in [0.2, 0.25) is 10.0 Å². The summed E-state index contributed by atoms with van der Waals surface area (Å²) in [6.45, 7) is 2.79. The fourth-order valence-corrected chi connectivity index (χ4v) is 5.20. The first-order valence-corrected chi connectivity index (χ1v) is 12.0. The van der Waals surface area contributed by atoms with Crippen molar-refractivity contribution in [2.24, 2.45) is 5.18 Å². The third-order valence-electron chi connectivity index (χ3n) is 5.84. The van der Waals surface area contributed by atoms with Crippen LogP contribution in [0.2, 0.25) is 0 Å². The minimum absolute atomic E-state index is 0.00888. The van der Waals surface area contributed by atoms with E-state index < -0.39 is 34.5 Å². The lowest BCUT2D eigenvalue weighted by Gasteiger charge is -2.29. The van der Waals surface area contributed by atoms with Crippen molar-refractivity contribution in [3.63, 3.8) is 0 Å². The SMILES string of the molecule is CCOC(=O)CNS(=O)(=O)c1ccc(-c2cc3c(c4c2CCN(C)C4)NC(=O)C3N=O)cc1. The normalized spacial score (nSPS) is 17.8. The Labute approximate surface area is 191 Å². The van der Waals surface area contributed by atoms with Gasteiger partial charge >= 0.3 is 5.97 Å². The van der Waals surface area contributed by atoms with Crippen LogP contribution in [0.3, 0.4) is 0 Å². The fourth-order valence-electron chi connectivity index (χ4n) is 4.24. The van der Waals surface area contributed by atoms with E-state index in [-0.39, 0.29) is 11.5 Å². The monoisotopic (exact) mass is 472 g/mol. The van der Waals surface area contributed by atoms with E-state index in [9.17, 15) is 22.9 Å². The number of rotatable bonds is 7. The van der Waals surface area contributed by atoms with Crippen LogP contribution in [0.1, 0.15) is 29.7 Å². The highest BCUT2D eigenvalue weighted by Crippen LogP contribution is 2.44. The molecule has 0 spiro atoms.